The molecule has 2 bridgehead atoms. The van der Waals surface area contributed by atoms with Gasteiger partial charge in [-0.15, -0.1) is 0 Å². The molecule has 2 unspecified atom stereocenters. The second-order valence-corrected chi connectivity index (χ2v) is 4.12. The molecule has 2 rings (SSSR count). The number of aliphatic carboxylic acids is 1. The van der Waals surface area contributed by atoms with Crippen LogP contribution >= 0.6 is 0 Å². The van der Waals surface area contributed by atoms with Crippen LogP contribution in [0.5, 0.6) is 0 Å². The lowest BCUT2D eigenvalue weighted by Crippen LogP contribution is -2.45. The Kier molecular flexibility index (Phi) is 2.26. The topological polar surface area (TPSA) is 43.8 Å². The number of carboxylic acids is 1. The number of carboxylic acid groups (broad SMARTS) is 1. The molecule has 2 fully saturated rings. The SMILES string of the molecule is CN1CC2CC1CN2CCC(=O)O. The molecule has 0 aromatic rings. The number of likely N-dealkylation sites (N-methyl/N-ethyl adjacent to an activating group) is 1. The van der Waals surface area contributed by atoms with Crippen LogP contribution in [0.15, 0.2) is 0 Å². The molecule has 0 spiro atoms. The van der Waals surface area contributed by atoms with Crippen LogP contribution in [-0.4, -0.2) is 59.6 Å². The lowest BCUT2D eigenvalue weighted by atomic mass is 10.2. The van der Waals surface area contributed by atoms with Gasteiger partial charge in [0.1, 0.15) is 0 Å². The molecule has 0 aromatic carbocycles. The van der Waals surface area contributed by atoms with E-state index >= 15 is 0 Å². The minimum absolute atomic E-state index is 0.285. The van der Waals surface area contributed by atoms with Crippen molar-refractivity contribution in [2.45, 2.75) is 24.9 Å². The van der Waals surface area contributed by atoms with Gasteiger partial charge >= 0.3 is 5.97 Å². The zero-order chi connectivity index (χ0) is 9.42. The summed E-state index contributed by atoms with van der Waals surface area (Å²) < 4.78 is 0. The first-order chi connectivity index (χ1) is 6.16. The van der Waals surface area contributed by atoms with E-state index in [1.54, 1.807) is 0 Å². The maximum atomic E-state index is 10.4. The summed E-state index contributed by atoms with van der Waals surface area (Å²) in [5.74, 6) is -0.684. The molecule has 0 radical (unpaired) electrons. The van der Waals surface area contributed by atoms with Crippen LogP contribution in [0.2, 0.25) is 0 Å². The molecular formula is C9H16N2O2. The van der Waals surface area contributed by atoms with Crippen molar-refractivity contribution in [2.24, 2.45) is 0 Å². The molecule has 2 saturated heterocycles. The Morgan fingerprint density at radius 3 is 2.69 bits per heavy atom. The fourth-order valence-electron chi connectivity index (χ4n) is 2.46. The predicted octanol–water partition coefficient (Wildman–Crippen LogP) is -0.151. The van der Waals surface area contributed by atoms with Crippen molar-refractivity contribution < 1.29 is 9.90 Å². The molecule has 2 aliphatic heterocycles. The van der Waals surface area contributed by atoms with E-state index in [9.17, 15) is 4.79 Å². The van der Waals surface area contributed by atoms with Gasteiger partial charge in [-0.1, -0.05) is 0 Å². The Balaban J connectivity index is 1.82. The molecule has 0 amide bonds. The maximum absolute atomic E-state index is 10.4. The van der Waals surface area contributed by atoms with E-state index in [0.717, 1.165) is 19.6 Å². The highest BCUT2D eigenvalue weighted by molar-refractivity contribution is 5.66. The quantitative estimate of drug-likeness (QED) is 0.662. The molecule has 13 heavy (non-hydrogen) atoms. The third-order valence-electron chi connectivity index (χ3n) is 3.24. The van der Waals surface area contributed by atoms with Crippen molar-refractivity contribution in [3.8, 4) is 0 Å². The van der Waals surface area contributed by atoms with Gasteiger partial charge in [0.15, 0.2) is 0 Å². The molecule has 2 heterocycles. The number of carbonyl (C=O) groups is 1. The average molecular weight is 184 g/mol. The maximum Gasteiger partial charge on any atom is 0.304 e. The summed E-state index contributed by atoms with van der Waals surface area (Å²) in [4.78, 5) is 15.1. The van der Waals surface area contributed by atoms with E-state index in [1.807, 2.05) is 0 Å². The minimum Gasteiger partial charge on any atom is -0.481 e. The Morgan fingerprint density at radius 2 is 2.23 bits per heavy atom. The van der Waals surface area contributed by atoms with Gasteiger partial charge in [0, 0.05) is 31.7 Å². The normalized spacial score (nSPS) is 34.2. The molecule has 2 aliphatic rings. The van der Waals surface area contributed by atoms with E-state index in [1.165, 1.54) is 6.42 Å². The number of hydrogen-bond acceptors (Lipinski definition) is 3. The van der Waals surface area contributed by atoms with E-state index in [-0.39, 0.29) is 6.42 Å². The van der Waals surface area contributed by atoms with E-state index in [4.69, 9.17) is 5.11 Å². The first kappa shape index (κ1) is 8.97. The summed E-state index contributed by atoms with van der Waals surface area (Å²) in [6.45, 7) is 2.91. The summed E-state index contributed by atoms with van der Waals surface area (Å²) in [5.41, 5.74) is 0. The molecule has 74 valence electrons. The van der Waals surface area contributed by atoms with Crippen LogP contribution < -0.4 is 0 Å². The van der Waals surface area contributed by atoms with Gasteiger partial charge in [-0.05, 0) is 13.5 Å². The summed E-state index contributed by atoms with van der Waals surface area (Å²) >= 11 is 0. The molecule has 0 aliphatic carbocycles. The third kappa shape index (κ3) is 1.69. The van der Waals surface area contributed by atoms with Crippen LogP contribution in [0.25, 0.3) is 0 Å². The lowest BCUT2D eigenvalue weighted by molar-refractivity contribution is -0.137. The lowest BCUT2D eigenvalue weighted by Gasteiger charge is -2.31. The Hall–Kier alpha value is -0.610. The largest absolute Gasteiger partial charge is 0.481 e. The monoisotopic (exact) mass is 184 g/mol. The van der Waals surface area contributed by atoms with Gasteiger partial charge in [0.2, 0.25) is 0 Å². The van der Waals surface area contributed by atoms with Crippen molar-refractivity contribution in [1.29, 1.82) is 0 Å². The van der Waals surface area contributed by atoms with E-state index in [0.29, 0.717) is 12.1 Å². The van der Waals surface area contributed by atoms with Crippen molar-refractivity contribution in [1.82, 2.24) is 9.80 Å². The first-order valence-electron chi connectivity index (χ1n) is 4.83. The summed E-state index contributed by atoms with van der Waals surface area (Å²) in [6, 6.07) is 1.30. The molecular weight excluding hydrogens is 168 g/mol. The Bertz CT molecular complexity index is 218. The highest BCUT2D eigenvalue weighted by atomic mass is 16.4. The number of hydrogen-bond donors (Lipinski definition) is 1. The molecule has 0 saturated carbocycles. The zero-order valence-corrected chi connectivity index (χ0v) is 7.94. The summed E-state index contributed by atoms with van der Waals surface area (Å²) in [6.07, 6.45) is 1.52. The second kappa shape index (κ2) is 3.27. The third-order valence-corrected chi connectivity index (χ3v) is 3.24. The van der Waals surface area contributed by atoms with Gasteiger partial charge in [0.25, 0.3) is 0 Å². The van der Waals surface area contributed by atoms with Crippen LogP contribution in [0.4, 0.5) is 0 Å². The standard InChI is InChI=1S/C9H16N2O2/c1-10-5-8-4-7(10)6-11(8)3-2-9(12)13/h7-8H,2-6H2,1H3,(H,12,13). The van der Waals surface area contributed by atoms with Gasteiger partial charge in [-0.25, -0.2) is 0 Å². The molecule has 4 heteroatoms. The fourth-order valence-corrected chi connectivity index (χ4v) is 2.46. The number of piperazine rings is 1. The smallest absolute Gasteiger partial charge is 0.304 e. The first-order valence-corrected chi connectivity index (χ1v) is 4.83. The minimum atomic E-state index is -0.684. The van der Waals surface area contributed by atoms with Crippen molar-refractivity contribution >= 4 is 5.97 Å². The molecule has 0 aromatic heterocycles. The Morgan fingerprint density at radius 1 is 1.46 bits per heavy atom. The van der Waals surface area contributed by atoms with Crippen LogP contribution in [0.1, 0.15) is 12.8 Å². The van der Waals surface area contributed by atoms with Gasteiger partial charge in [-0.3, -0.25) is 9.69 Å². The van der Waals surface area contributed by atoms with Crippen molar-refractivity contribution in [2.75, 3.05) is 26.7 Å². The van der Waals surface area contributed by atoms with E-state index in [2.05, 4.69) is 16.8 Å². The van der Waals surface area contributed by atoms with E-state index < -0.39 is 5.97 Å². The number of nitrogens with zero attached hydrogens (tertiary/aromatic N) is 2. The van der Waals surface area contributed by atoms with Crippen molar-refractivity contribution in [3.63, 3.8) is 0 Å². The van der Waals surface area contributed by atoms with Crippen LogP contribution in [0.3, 0.4) is 0 Å². The summed E-state index contributed by atoms with van der Waals surface area (Å²) in [7, 11) is 2.15. The van der Waals surface area contributed by atoms with Crippen LogP contribution in [-0.2, 0) is 4.79 Å². The van der Waals surface area contributed by atoms with Gasteiger partial charge in [-0.2, -0.15) is 0 Å². The molecule has 4 nitrogen and oxygen atoms in total. The predicted molar refractivity (Wildman–Crippen MR) is 48.6 cm³/mol. The number of fused-ring (bicyclic) bond motifs is 2. The number of rotatable bonds is 3. The number of likely N-dealkylation sites (tertiary alicyclic amines) is 2. The summed E-state index contributed by atoms with van der Waals surface area (Å²) in [5, 5.41) is 8.56. The van der Waals surface area contributed by atoms with Crippen LogP contribution in [0, 0.1) is 0 Å². The molecule has 1 N–H and O–H groups in total. The van der Waals surface area contributed by atoms with Crippen molar-refractivity contribution in [3.05, 3.63) is 0 Å². The highest BCUT2D eigenvalue weighted by Crippen LogP contribution is 2.28. The Labute approximate surface area is 78.1 Å². The highest BCUT2D eigenvalue weighted by Gasteiger charge is 2.40. The molecule has 2 atom stereocenters. The van der Waals surface area contributed by atoms with Gasteiger partial charge < -0.3 is 10.0 Å². The second-order valence-electron chi connectivity index (χ2n) is 4.12. The van der Waals surface area contributed by atoms with Gasteiger partial charge in [0.05, 0.1) is 6.42 Å². The zero-order valence-electron chi connectivity index (χ0n) is 7.94. The average Bonchev–Trinajstić information content (AvgIpc) is 2.58. The fraction of sp³-hybridized carbons (Fsp3) is 0.889.